The normalized spacial score (nSPS) is 13.3. The van der Waals surface area contributed by atoms with E-state index in [0.29, 0.717) is 0 Å². The number of para-hydroxylation sites is 2. The minimum Gasteiger partial charge on any atom is -0.456 e. The molecule has 4 heteroatoms. The second-order valence-corrected chi connectivity index (χ2v) is 18.8. The van der Waals surface area contributed by atoms with Crippen LogP contribution in [0.4, 0.5) is 17.1 Å². The SMILES string of the molecule is C[Si]1(C)c2cc(N(c3ccc(-c4cccc5ccccc45)cc3)c3cccc4oc5ccccc5c34)ccc2-c2c1ccc1c2oc2ccccc21. The number of rotatable bonds is 4. The van der Waals surface area contributed by atoms with Crippen LogP contribution in [0, 0.1) is 0 Å². The van der Waals surface area contributed by atoms with Crippen LogP contribution in [0.1, 0.15) is 0 Å². The van der Waals surface area contributed by atoms with Gasteiger partial charge in [0.1, 0.15) is 30.4 Å². The average molecular weight is 684 g/mol. The van der Waals surface area contributed by atoms with Gasteiger partial charge in [-0.1, -0.05) is 128 Å². The molecule has 10 aromatic rings. The Morgan fingerprint density at radius 3 is 1.98 bits per heavy atom. The highest BCUT2D eigenvalue weighted by Crippen LogP contribution is 2.45. The lowest BCUT2D eigenvalue weighted by molar-refractivity contribution is 0.669. The van der Waals surface area contributed by atoms with Crippen LogP contribution in [0.15, 0.2) is 173 Å². The largest absolute Gasteiger partial charge is 0.456 e. The highest BCUT2D eigenvalue weighted by molar-refractivity contribution is 7.04. The minimum absolute atomic E-state index is 0.881. The summed E-state index contributed by atoms with van der Waals surface area (Å²) >= 11 is 0. The van der Waals surface area contributed by atoms with E-state index in [2.05, 4.69) is 176 Å². The van der Waals surface area contributed by atoms with Crippen LogP contribution in [0.3, 0.4) is 0 Å². The van der Waals surface area contributed by atoms with Gasteiger partial charge in [0.25, 0.3) is 0 Å². The Hall–Kier alpha value is -6.36. The Kier molecular flexibility index (Phi) is 6.11. The van der Waals surface area contributed by atoms with Crippen molar-refractivity contribution in [3.63, 3.8) is 0 Å². The third-order valence-corrected chi connectivity index (χ3v) is 14.8. The highest BCUT2D eigenvalue weighted by Gasteiger charge is 2.40. The van der Waals surface area contributed by atoms with Crippen molar-refractivity contribution >= 4 is 90.2 Å². The molecule has 0 spiro atoms. The molecule has 0 aliphatic carbocycles. The Balaban J connectivity index is 1.13. The summed E-state index contributed by atoms with van der Waals surface area (Å²) in [6.45, 7) is 4.95. The lowest BCUT2D eigenvalue weighted by Gasteiger charge is -2.28. The minimum atomic E-state index is -2.10. The van der Waals surface area contributed by atoms with E-state index < -0.39 is 8.07 Å². The second-order valence-electron chi connectivity index (χ2n) is 14.5. The number of hydrogen-bond acceptors (Lipinski definition) is 3. The molecule has 246 valence electrons. The molecule has 0 saturated carbocycles. The van der Waals surface area contributed by atoms with Crippen molar-refractivity contribution in [1.82, 2.24) is 0 Å². The van der Waals surface area contributed by atoms with E-state index in [1.807, 2.05) is 6.07 Å². The molecule has 2 aromatic heterocycles. The van der Waals surface area contributed by atoms with Crippen LogP contribution in [0.5, 0.6) is 0 Å². The molecule has 1 aliphatic rings. The van der Waals surface area contributed by atoms with Crippen molar-refractivity contribution in [2.45, 2.75) is 13.1 Å². The van der Waals surface area contributed by atoms with Gasteiger partial charge in [0.05, 0.1) is 11.1 Å². The Bertz CT molecular complexity index is 3050. The van der Waals surface area contributed by atoms with Crippen molar-refractivity contribution in [3.8, 4) is 22.3 Å². The van der Waals surface area contributed by atoms with Gasteiger partial charge in [-0.25, -0.2) is 0 Å². The summed E-state index contributed by atoms with van der Waals surface area (Å²) in [6.07, 6.45) is 0. The summed E-state index contributed by atoms with van der Waals surface area (Å²) < 4.78 is 13.0. The van der Waals surface area contributed by atoms with Gasteiger partial charge in [-0.2, -0.15) is 0 Å². The Labute approximate surface area is 302 Å². The van der Waals surface area contributed by atoms with Gasteiger partial charge < -0.3 is 13.7 Å². The summed E-state index contributed by atoms with van der Waals surface area (Å²) in [5.41, 5.74) is 12.0. The van der Waals surface area contributed by atoms with Gasteiger partial charge >= 0.3 is 0 Å². The molecular formula is C48H33NO2Si. The fraction of sp³-hybridized carbons (Fsp3) is 0.0417. The molecule has 3 nitrogen and oxygen atoms in total. The number of furan rings is 2. The number of nitrogens with zero attached hydrogens (tertiary/aromatic N) is 1. The number of benzene rings is 8. The summed E-state index contributed by atoms with van der Waals surface area (Å²) in [5.74, 6) is 0. The van der Waals surface area contributed by atoms with Crippen LogP contribution in [0.2, 0.25) is 13.1 Å². The van der Waals surface area contributed by atoms with E-state index in [0.717, 1.165) is 50.2 Å². The first-order valence-electron chi connectivity index (χ1n) is 17.9. The summed E-state index contributed by atoms with van der Waals surface area (Å²) in [4.78, 5) is 2.42. The molecule has 0 unspecified atom stereocenters. The maximum atomic E-state index is 6.62. The molecule has 3 heterocycles. The maximum Gasteiger partial charge on any atom is 0.143 e. The molecule has 1 aliphatic heterocycles. The highest BCUT2D eigenvalue weighted by atomic mass is 28.3. The standard InChI is InChI=1S/C48H33NO2Si/c1-52(2)44-28-27-37-36-14-5-7-18-41(36)51-48(37)47(44)39-26-25-33(29-45(39)52)49(40-17-10-20-43-46(40)38-15-6-8-19-42(38)50-43)32-23-21-31(22-24-32)35-16-9-12-30-11-3-4-13-34(30)35/h3-29H,1-2H3. The summed E-state index contributed by atoms with van der Waals surface area (Å²) in [7, 11) is -2.10. The Morgan fingerprint density at radius 2 is 1.13 bits per heavy atom. The van der Waals surface area contributed by atoms with Gasteiger partial charge in [0, 0.05) is 33.1 Å². The molecule has 0 radical (unpaired) electrons. The molecule has 0 fully saturated rings. The number of fused-ring (bicyclic) bond motifs is 11. The molecule has 0 saturated heterocycles. The van der Waals surface area contributed by atoms with Crippen molar-refractivity contribution in [2.24, 2.45) is 0 Å². The first-order valence-corrected chi connectivity index (χ1v) is 20.9. The molecule has 0 atom stereocenters. The van der Waals surface area contributed by atoms with Crippen molar-refractivity contribution in [2.75, 3.05) is 4.90 Å². The topological polar surface area (TPSA) is 29.5 Å². The lowest BCUT2D eigenvalue weighted by Crippen LogP contribution is -2.49. The van der Waals surface area contributed by atoms with E-state index >= 15 is 0 Å². The molecule has 0 bridgehead atoms. The van der Waals surface area contributed by atoms with Crippen LogP contribution >= 0.6 is 0 Å². The monoisotopic (exact) mass is 683 g/mol. The zero-order valence-corrected chi connectivity index (χ0v) is 29.9. The Morgan fingerprint density at radius 1 is 0.462 bits per heavy atom. The van der Waals surface area contributed by atoms with E-state index in [1.165, 1.54) is 54.2 Å². The van der Waals surface area contributed by atoms with Gasteiger partial charge in [-0.15, -0.1) is 0 Å². The van der Waals surface area contributed by atoms with Crippen molar-refractivity contribution < 1.29 is 8.83 Å². The van der Waals surface area contributed by atoms with Crippen LogP contribution < -0.4 is 15.3 Å². The van der Waals surface area contributed by atoms with Gasteiger partial charge in [0.2, 0.25) is 0 Å². The third kappa shape index (κ3) is 4.13. The van der Waals surface area contributed by atoms with Crippen LogP contribution in [-0.2, 0) is 0 Å². The van der Waals surface area contributed by atoms with E-state index in [-0.39, 0.29) is 0 Å². The predicted molar refractivity (Wildman–Crippen MR) is 221 cm³/mol. The lowest BCUT2D eigenvalue weighted by atomic mass is 9.98. The zero-order valence-electron chi connectivity index (χ0n) is 28.9. The maximum absolute atomic E-state index is 6.62. The molecule has 52 heavy (non-hydrogen) atoms. The van der Waals surface area contributed by atoms with Crippen molar-refractivity contribution in [1.29, 1.82) is 0 Å². The number of anilines is 3. The van der Waals surface area contributed by atoms with E-state index in [4.69, 9.17) is 8.83 Å². The van der Waals surface area contributed by atoms with Gasteiger partial charge in [0.15, 0.2) is 0 Å². The predicted octanol–water partition coefficient (Wildman–Crippen LogP) is 12.6. The summed E-state index contributed by atoms with van der Waals surface area (Å²) in [6, 6.07) is 59.1. The van der Waals surface area contributed by atoms with Crippen LogP contribution in [0.25, 0.3) is 76.9 Å². The second kappa shape index (κ2) is 10.8. The zero-order chi connectivity index (χ0) is 34.6. The fourth-order valence-corrected chi connectivity index (χ4v) is 11.8. The molecule has 11 rings (SSSR count). The summed E-state index contributed by atoms with van der Waals surface area (Å²) in [5, 5.41) is 9.94. The van der Waals surface area contributed by atoms with Crippen molar-refractivity contribution in [3.05, 3.63) is 164 Å². The van der Waals surface area contributed by atoms with Crippen LogP contribution in [-0.4, -0.2) is 8.07 Å². The third-order valence-electron chi connectivity index (χ3n) is 11.3. The fourth-order valence-electron chi connectivity index (χ4n) is 8.77. The first-order chi connectivity index (χ1) is 25.5. The molecule has 0 amide bonds. The van der Waals surface area contributed by atoms with E-state index in [9.17, 15) is 0 Å². The average Bonchev–Trinajstić information content (AvgIpc) is 3.83. The molecule has 0 N–H and O–H groups in total. The number of hydrogen-bond donors (Lipinski definition) is 0. The molecular weight excluding hydrogens is 651 g/mol. The van der Waals surface area contributed by atoms with E-state index in [1.54, 1.807) is 0 Å². The smallest absolute Gasteiger partial charge is 0.143 e. The molecule has 8 aromatic carbocycles. The first kappa shape index (κ1) is 29.4. The van der Waals surface area contributed by atoms with Gasteiger partial charge in [-0.05, 0) is 86.4 Å². The quantitative estimate of drug-likeness (QED) is 0.173. The van der Waals surface area contributed by atoms with Gasteiger partial charge in [-0.3, -0.25) is 0 Å².